The second-order valence-corrected chi connectivity index (χ2v) is 7.36. The van der Waals surface area contributed by atoms with E-state index >= 15 is 0 Å². The van der Waals surface area contributed by atoms with Crippen molar-refractivity contribution in [2.24, 2.45) is 23.2 Å². The quantitative estimate of drug-likeness (QED) is 0.783. The summed E-state index contributed by atoms with van der Waals surface area (Å²) in [6.45, 7) is 0.330. The minimum atomic E-state index is -0.724. The van der Waals surface area contributed by atoms with Crippen LogP contribution in [0.1, 0.15) is 64.2 Å². The molecule has 3 aliphatic carbocycles. The molecule has 4 heteroatoms. The molecule has 0 aliphatic heterocycles. The van der Waals surface area contributed by atoms with Gasteiger partial charge in [0.15, 0.2) is 0 Å². The zero-order valence-corrected chi connectivity index (χ0v) is 12.8. The van der Waals surface area contributed by atoms with Crippen LogP contribution in [0, 0.1) is 23.2 Å². The van der Waals surface area contributed by atoms with Crippen LogP contribution in [0.3, 0.4) is 0 Å². The maximum atomic E-state index is 12.4. The Morgan fingerprint density at radius 3 is 2.05 bits per heavy atom. The summed E-state index contributed by atoms with van der Waals surface area (Å²) in [4.78, 5) is 24.1. The van der Waals surface area contributed by atoms with Crippen LogP contribution in [0.2, 0.25) is 0 Å². The lowest BCUT2D eigenvalue weighted by molar-refractivity contribution is -0.149. The predicted molar refractivity (Wildman–Crippen MR) is 79.7 cm³/mol. The molecule has 21 heavy (non-hydrogen) atoms. The summed E-state index contributed by atoms with van der Waals surface area (Å²) in [5.74, 6) is 0.765. The van der Waals surface area contributed by atoms with Gasteiger partial charge in [0.25, 0.3) is 0 Å². The van der Waals surface area contributed by atoms with E-state index in [2.05, 4.69) is 5.32 Å². The summed E-state index contributed by atoms with van der Waals surface area (Å²) < 4.78 is 0. The third-order valence-electron chi connectivity index (χ3n) is 6.07. The predicted octanol–water partition coefficient (Wildman–Crippen LogP) is 2.96. The average Bonchev–Trinajstić information content (AvgIpc) is 3.24. The number of nitrogens with one attached hydrogen (secondary N) is 1. The van der Waals surface area contributed by atoms with E-state index in [1.165, 1.54) is 25.7 Å². The fraction of sp³-hybridized carbons (Fsp3) is 0.882. The summed E-state index contributed by atoms with van der Waals surface area (Å²) in [5, 5.41) is 12.6. The topological polar surface area (TPSA) is 66.4 Å². The molecule has 0 heterocycles. The van der Waals surface area contributed by atoms with Crippen molar-refractivity contribution in [3.63, 3.8) is 0 Å². The van der Waals surface area contributed by atoms with Crippen molar-refractivity contribution in [3.8, 4) is 0 Å². The molecule has 1 amide bonds. The van der Waals surface area contributed by atoms with Crippen LogP contribution in [0.4, 0.5) is 0 Å². The van der Waals surface area contributed by atoms with Gasteiger partial charge in [-0.3, -0.25) is 9.59 Å². The largest absolute Gasteiger partial charge is 0.481 e. The van der Waals surface area contributed by atoms with Crippen LogP contribution in [-0.4, -0.2) is 23.5 Å². The summed E-state index contributed by atoms with van der Waals surface area (Å²) in [7, 11) is 0. The highest BCUT2D eigenvalue weighted by Crippen LogP contribution is 2.55. The van der Waals surface area contributed by atoms with Crippen molar-refractivity contribution >= 4 is 11.9 Å². The van der Waals surface area contributed by atoms with E-state index in [1.54, 1.807) is 0 Å². The van der Waals surface area contributed by atoms with Gasteiger partial charge in [0.1, 0.15) is 0 Å². The van der Waals surface area contributed by atoms with Gasteiger partial charge in [0, 0.05) is 12.5 Å². The fourth-order valence-electron chi connectivity index (χ4n) is 4.63. The van der Waals surface area contributed by atoms with Crippen molar-refractivity contribution < 1.29 is 14.7 Å². The average molecular weight is 293 g/mol. The molecule has 0 aromatic carbocycles. The molecular weight excluding hydrogens is 266 g/mol. The summed E-state index contributed by atoms with van der Waals surface area (Å²) in [6.07, 6.45) is 10.5. The molecule has 4 nitrogen and oxygen atoms in total. The molecule has 118 valence electrons. The molecule has 2 unspecified atom stereocenters. The number of aliphatic carboxylic acids is 1. The molecule has 3 saturated carbocycles. The Labute approximate surface area is 126 Å². The molecule has 3 rings (SSSR count). The number of hydrogen-bond acceptors (Lipinski definition) is 2. The van der Waals surface area contributed by atoms with Gasteiger partial charge in [0.05, 0.1) is 5.41 Å². The van der Waals surface area contributed by atoms with Crippen molar-refractivity contribution in [1.29, 1.82) is 0 Å². The summed E-state index contributed by atoms with van der Waals surface area (Å²) >= 11 is 0. The lowest BCUT2D eigenvalue weighted by atomic mass is 9.80. The second-order valence-electron chi connectivity index (χ2n) is 7.36. The molecule has 2 N–H and O–H groups in total. The lowest BCUT2D eigenvalue weighted by Crippen LogP contribution is -2.43. The third-order valence-corrected chi connectivity index (χ3v) is 6.07. The number of carbonyl (C=O) groups excluding carboxylic acids is 1. The van der Waals surface area contributed by atoms with Gasteiger partial charge in [-0.1, -0.05) is 38.5 Å². The molecule has 3 fully saturated rings. The lowest BCUT2D eigenvalue weighted by Gasteiger charge is -2.28. The van der Waals surface area contributed by atoms with Gasteiger partial charge < -0.3 is 10.4 Å². The Morgan fingerprint density at radius 1 is 0.952 bits per heavy atom. The fourth-order valence-corrected chi connectivity index (χ4v) is 4.63. The summed E-state index contributed by atoms with van der Waals surface area (Å²) in [6, 6.07) is 0. The first-order valence-electron chi connectivity index (χ1n) is 8.65. The number of fused-ring (bicyclic) bond motifs is 1. The number of rotatable bonds is 4. The van der Waals surface area contributed by atoms with E-state index in [0.29, 0.717) is 31.2 Å². The molecule has 3 aliphatic rings. The molecule has 0 aromatic rings. The maximum Gasteiger partial charge on any atom is 0.311 e. The Hall–Kier alpha value is -1.06. The van der Waals surface area contributed by atoms with Crippen molar-refractivity contribution in [2.75, 3.05) is 6.54 Å². The number of carbonyl (C=O) groups is 2. The van der Waals surface area contributed by atoms with Gasteiger partial charge in [-0.15, -0.1) is 0 Å². The van der Waals surface area contributed by atoms with E-state index in [9.17, 15) is 14.7 Å². The molecular formula is C17H27NO3. The number of amides is 1. The van der Waals surface area contributed by atoms with E-state index in [4.69, 9.17) is 0 Å². The third kappa shape index (κ3) is 2.95. The maximum absolute atomic E-state index is 12.4. The Bertz CT molecular complexity index is 400. The van der Waals surface area contributed by atoms with Crippen molar-refractivity contribution in [3.05, 3.63) is 0 Å². The standard InChI is InChI=1S/C17H27NO3/c19-15(14-12-7-3-4-8-13(12)14)18-11-17(16(20)21)9-5-1-2-6-10-17/h12-14H,1-11H2,(H,18,19)(H,20,21). The van der Waals surface area contributed by atoms with Crippen LogP contribution in [0.5, 0.6) is 0 Å². The Morgan fingerprint density at radius 2 is 1.52 bits per heavy atom. The highest BCUT2D eigenvalue weighted by atomic mass is 16.4. The monoisotopic (exact) mass is 293 g/mol. The van der Waals surface area contributed by atoms with Crippen LogP contribution in [0.25, 0.3) is 0 Å². The van der Waals surface area contributed by atoms with Crippen molar-refractivity contribution in [1.82, 2.24) is 5.32 Å². The van der Waals surface area contributed by atoms with Gasteiger partial charge in [-0.2, -0.15) is 0 Å². The molecule has 2 atom stereocenters. The SMILES string of the molecule is O=C(NCC1(C(=O)O)CCCCCC1)C1C2CCCCC21. The van der Waals surface area contributed by atoms with E-state index in [0.717, 1.165) is 25.7 Å². The summed E-state index contributed by atoms with van der Waals surface area (Å²) in [5.41, 5.74) is -0.716. The normalized spacial score (nSPS) is 34.4. The zero-order valence-electron chi connectivity index (χ0n) is 12.8. The minimum Gasteiger partial charge on any atom is -0.481 e. The Balaban J connectivity index is 1.57. The van der Waals surface area contributed by atoms with Crippen LogP contribution in [-0.2, 0) is 9.59 Å². The molecule has 0 aromatic heterocycles. The Kier molecular flexibility index (Phi) is 4.23. The molecule has 0 saturated heterocycles. The zero-order chi connectivity index (χ0) is 14.9. The highest BCUT2D eigenvalue weighted by Gasteiger charge is 2.55. The van der Waals surface area contributed by atoms with Crippen molar-refractivity contribution in [2.45, 2.75) is 64.2 Å². The van der Waals surface area contributed by atoms with E-state index in [1.807, 2.05) is 0 Å². The minimum absolute atomic E-state index is 0.122. The number of carboxylic acids is 1. The van der Waals surface area contributed by atoms with Crippen LogP contribution >= 0.6 is 0 Å². The molecule has 0 bridgehead atoms. The molecule has 0 spiro atoms. The number of hydrogen-bond donors (Lipinski definition) is 2. The molecule has 0 radical (unpaired) electrons. The van der Waals surface area contributed by atoms with Gasteiger partial charge in [-0.25, -0.2) is 0 Å². The smallest absolute Gasteiger partial charge is 0.311 e. The van der Waals surface area contributed by atoms with Gasteiger partial charge >= 0.3 is 5.97 Å². The first kappa shape index (κ1) is 14.9. The van der Waals surface area contributed by atoms with Crippen LogP contribution in [0.15, 0.2) is 0 Å². The van der Waals surface area contributed by atoms with E-state index in [-0.39, 0.29) is 11.8 Å². The number of carboxylic acid groups (broad SMARTS) is 1. The highest BCUT2D eigenvalue weighted by molar-refractivity contribution is 5.83. The second kappa shape index (κ2) is 5.98. The van der Waals surface area contributed by atoms with Crippen LogP contribution < -0.4 is 5.32 Å². The van der Waals surface area contributed by atoms with Gasteiger partial charge in [0.2, 0.25) is 5.91 Å². The first-order chi connectivity index (χ1) is 10.1. The first-order valence-corrected chi connectivity index (χ1v) is 8.65. The van der Waals surface area contributed by atoms with E-state index < -0.39 is 11.4 Å². The van der Waals surface area contributed by atoms with Gasteiger partial charge in [-0.05, 0) is 37.5 Å².